The van der Waals surface area contributed by atoms with Crippen LogP contribution in [-0.2, 0) is 14.4 Å². The van der Waals surface area contributed by atoms with Crippen LogP contribution in [0.15, 0.2) is 112 Å². The molecule has 45 heavy (non-hydrogen) atoms. The van der Waals surface area contributed by atoms with E-state index in [1.807, 2.05) is 0 Å². The summed E-state index contributed by atoms with van der Waals surface area (Å²) in [5, 5.41) is 4.71. The van der Waals surface area contributed by atoms with Crippen molar-refractivity contribution < 1.29 is 28.4 Å². The van der Waals surface area contributed by atoms with Crippen molar-refractivity contribution in [2.45, 2.75) is 23.5 Å². The summed E-state index contributed by atoms with van der Waals surface area (Å²) < 4.78 is 14.2. The van der Waals surface area contributed by atoms with Gasteiger partial charge in [-0.1, -0.05) is 34.1 Å². The van der Waals surface area contributed by atoms with Gasteiger partial charge in [0.15, 0.2) is 5.78 Å². The molecule has 1 atom stereocenters. The van der Waals surface area contributed by atoms with Crippen molar-refractivity contribution >= 4 is 74.6 Å². The zero-order valence-corrected chi connectivity index (χ0v) is 26.2. The Bertz CT molecular complexity index is 1830. The number of nitrogens with one attached hydrogen (secondary N) is 2. The molecule has 0 radical (unpaired) electrons. The van der Waals surface area contributed by atoms with Crippen molar-refractivity contribution in [3.8, 4) is 0 Å². The van der Waals surface area contributed by atoms with Gasteiger partial charge in [-0.25, -0.2) is 9.29 Å². The van der Waals surface area contributed by atoms with Crippen molar-refractivity contribution in [1.29, 1.82) is 0 Å². The van der Waals surface area contributed by atoms with Gasteiger partial charge in [0.25, 0.3) is 11.8 Å². The lowest BCUT2D eigenvalue weighted by Gasteiger charge is -2.15. The molecule has 11 heteroatoms. The van der Waals surface area contributed by atoms with E-state index in [-0.39, 0.29) is 35.3 Å². The number of ketones is 1. The van der Waals surface area contributed by atoms with E-state index in [1.54, 1.807) is 72.8 Å². The number of anilines is 2. The Balaban J connectivity index is 1.31. The molecule has 0 aliphatic carbocycles. The second-order valence-corrected chi connectivity index (χ2v) is 12.2. The van der Waals surface area contributed by atoms with Crippen molar-refractivity contribution in [3.05, 3.63) is 130 Å². The Hall–Kier alpha value is -4.87. The standard InChI is InChI=1S/C34H25BrFN3O5S/c1-20(40)22-9-15-27(16-10-22)39-31(41)19-30(34(39)44)45-28-4-2-3-26(18-28)37-33(43)29(17-21-5-11-24(35)12-6-21)38-32(42)23-7-13-25(36)14-8-23/h2-18,30H,19H2,1H3,(H,37,43)(H,38,42). The quantitative estimate of drug-likeness (QED) is 0.116. The van der Waals surface area contributed by atoms with Gasteiger partial charge in [0, 0.05) is 32.6 Å². The lowest BCUT2D eigenvalue weighted by Crippen LogP contribution is -2.31. The Labute approximate surface area is 270 Å². The smallest absolute Gasteiger partial charge is 0.272 e. The number of halogens is 2. The Morgan fingerprint density at radius 2 is 1.58 bits per heavy atom. The third-order valence-electron chi connectivity index (χ3n) is 6.79. The second kappa shape index (κ2) is 13.8. The molecule has 4 aromatic carbocycles. The summed E-state index contributed by atoms with van der Waals surface area (Å²) in [4.78, 5) is 65.7. The first-order valence-electron chi connectivity index (χ1n) is 13.7. The molecule has 0 saturated carbocycles. The number of rotatable bonds is 9. The van der Waals surface area contributed by atoms with E-state index >= 15 is 0 Å². The number of benzene rings is 4. The third kappa shape index (κ3) is 7.81. The summed E-state index contributed by atoms with van der Waals surface area (Å²) in [6.07, 6.45) is 1.51. The molecule has 1 aliphatic heterocycles. The van der Waals surface area contributed by atoms with Crippen LogP contribution in [-0.4, -0.2) is 34.7 Å². The minimum Gasteiger partial charge on any atom is -0.321 e. The Morgan fingerprint density at radius 3 is 2.24 bits per heavy atom. The predicted molar refractivity (Wildman–Crippen MR) is 174 cm³/mol. The van der Waals surface area contributed by atoms with Crippen LogP contribution in [0.4, 0.5) is 15.8 Å². The van der Waals surface area contributed by atoms with Crippen molar-refractivity contribution in [1.82, 2.24) is 5.32 Å². The van der Waals surface area contributed by atoms with Gasteiger partial charge in [-0.15, -0.1) is 11.8 Å². The maximum absolute atomic E-state index is 13.4. The number of hydrogen-bond donors (Lipinski definition) is 2. The fourth-order valence-electron chi connectivity index (χ4n) is 4.50. The number of thioether (sulfide) groups is 1. The third-order valence-corrected chi connectivity index (χ3v) is 8.50. The topological polar surface area (TPSA) is 113 Å². The summed E-state index contributed by atoms with van der Waals surface area (Å²) in [6, 6.07) is 25.1. The van der Waals surface area contributed by atoms with Gasteiger partial charge in [-0.2, -0.15) is 0 Å². The maximum atomic E-state index is 13.4. The molecule has 1 saturated heterocycles. The molecule has 1 fully saturated rings. The van der Waals surface area contributed by atoms with Gasteiger partial charge in [0.1, 0.15) is 11.5 Å². The van der Waals surface area contributed by atoms with Crippen LogP contribution in [0.5, 0.6) is 0 Å². The number of carbonyl (C=O) groups is 5. The summed E-state index contributed by atoms with van der Waals surface area (Å²) in [5.41, 5.74) is 2.05. The summed E-state index contributed by atoms with van der Waals surface area (Å²) >= 11 is 4.57. The molecule has 1 heterocycles. The summed E-state index contributed by atoms with van der Waals surface area (Å²) in [5.74, 6) is -2.54. The van der Waals surface area contributed by atoms with Crippen molar-refractivity contribution in [2.24, 2.45) is 0 Å². The van der Waals surface area contributed by atoms with Gasteiger partial charge in [-0.05, 0) is 97.4 Å². The monoisotopic (exact) mass is 685 g/mol. The first-order chi connectivity index (χ1) is 21.6. The molecule has 226 valence electrons. The number of imide groups is 1. The minimum atomic E-state index is -0.682. The molecular weight excluding hydrogens is 661 g/mol. The van der Waals surface area contributed by atoms with E-state index in [9.17, 15) is 28.4 Å². The number of carbonyl (C=O) groups excluding carboxylic acids is 5. The van der Waals surface area contributed by atoms with Crippen LogP contribution < -0.4 is 15.5 Å². The normalized spacial score (nSPS) is 14.8. The van der Waals surface area contributed by atoms with E-state index in [4.69, 9.17) is 0 Å². The SMILES string of the molecule is CC(=O)c1ccc(N2C(=O)CC(Sc3cccc(NC(=O)C(=Cc4ccc(Br)cc4)NC(=O)c4ccc(F)cc4)c3)C2=O)cc1. The summed E-state index contributed by atoms with van der Waals surface area (Å²) in [6.45, 7) is 1.44. The molecule has 4 aromatic rings. The van der Waals surface area contributed by atoms with E-state index in [1.165, 1.54) is 36.9 Å². The zero-order chi connectivity index (χ0) is 32.1. The molecule has 1 aliphatic rings. The van der Waals surface area contributed by atoms with E-state index in [0.29, 0.717) is 27.4 Å². The van der Waals surface area contributed by atoms with Crippen LogP contribution in [0, 0.1) is 5.82 Å². The van der Waals surface area contributed by atoms with Crippen LogP contribution in [0.2, 0.25) is 0 Å². The molecule has 0 bridgehead atoms. The number of nitrogens with zero attached hydrogens (tertiary/aromatic N) is 1. The predicted octanol–water partition coefficient (Wildman–Crippen LogP) is 6.62. The lowest BCUT2D eigenvalue weighted by molar-refractivity contribution is -0.121. The largest absolute Gasteiger partial charge is 0.321 e. The van der Waals surface area contributed by atoms with Crippen molar-refractivity contribution in [2.75, 3.05) is 10.2 Å². The number of hydrogen-bond acceptors (Lipinski definition) is 6. The molecule has 2 N–H and O–H groups in total. The number of Topliss-reactive ketones (excluding diaryl/α,β-unsaturated/α-hetero) is 1. The average Bonchev–Trinajstić information content (AvgIpc) is 3.30. The second-order valence-electron chi connectivity index (χ2n) is 10.0. The fourth-order valence-corrected chi connectivity index (χ4v) is 5.88. The average molecular weight is 687 g/mol. The van der Waals surface area contributed by atoms with Gasteiger partial charge in [0.05, 0.1) is 10.9 Å². The summed E-state index contributed by atoms with van der Waals surface area (Å²) in [7, 11) is 0. The van der Waals surface area contributed by atoms with Gasteiger partial charge in [-0.3, -0.25) is 24.0 Å². The molecular formula is C34H25BrFN3O5S. The molecule has 0 aromatic heterocycles. The highest BCUT2D eigenvalue weighted by Gasteiger charge is 2.40. The molecule has 0 spiro atoms. The highest BCUT2D eigenvalue weighted by Crippen LogP contribution is 2.35. The van der Waals surface area contributed by atoms with Crippen LogP contribution in [0.3, 0.4) is 0 Å². The molecule has 8 nitrogen and oxygen atoms in total. The highest BCUT2D eigenvalue weighted by atomic mass is 79.9. The van der Waals surface area contributed by atoms with E-state index in [2.05, 4.69) is 26.6 Å². The van der Waals surface area contributed by atoms with Crippen LogP contribution in [0.1, 0.15) is 39.6 Å². The van der Waals surface area contributed by atoms with Crippen LogP contribution >= 0.6 is 27.7 Å². The molecule has 5 rings (SSSR count). The molecule has 4 amide bonds. The van der Waals surface area contributed by atoms with Gasteiger partial charge in [0.2, 0.25) is 11.8 Å². The maximum Gasteiger partial charge on any atom is 0.272 e. The van der Waals surface area contributed by atoms with Crippen LogP contribution in [0.25, 0.3) is 6.08 Å². The van der Waals surface area contributed by atoms with Gasteiger partial charge < -0.3 is 10.6 Å². The Kier molecular flexibility index (Phi) is 9.70. The van der Waals surface area contributed by atoms with Gasteiger partial charge >= 0.3 is 0 Å². The Morgan fingerprint density at radius 1 is 0.911 bits per heavy atom. The zero-order valence-electron chi connectivity index (χ0n) is 23.8. The minimum absolute atomic E-state index is 0.00988. The first kappa shape index (κ1) is 31.6. The fraction of sp³-hybridized carbons (Fsp3) is 0.0882. The highest BCUT2D eigenvalue weighted by molar-refractivity contribution is 9.10. The van der Waals surface area contributed by atoms with Crippen molar-refractivity contribution in [3.63, 3.8) is 0 Å². The van der Waals surface area contributed by atoms with E-state index < -0.39 is 22.9 Å². The first-order valence-corrected chi connectivity index (χ1v) is 15.3. The lowest BCUT2D eigenvalue weighted by atomic mass is 10.1. The number of amides is 4. The van der Waals surface area contributed by atoms with E-state index in [0.717, 1.165) is 21.5 Å². The molecule has 1 unspecified atom stereocenters.